The third-order valence-electron chi connectivity index (χ3n) is 18.4. The number of nitrogens with two attached hydrogens (primary N) is 1. The number of carboxylic acid groups (broad SMARTS) is 4. The quantitative estimate of drug-likeness (QED) is 0.103. The molecule has 14 N–H and O–H groups in total. The van der Waals surface area contributed by atoms with E-state index in [4.69, 9.17) is 35.6 Å². The second kappa shape index (κ2) is 45.3. The summed E-state index contributed by atoms with van der Waals surface area (Å²) in [5.41, 5.74) is 14.2. The molecule has 10 amide bonds. The summed E-state index contributed by atoms with van der Waals surface area (Å²) >= 11 is 0. The zero-order valence-corrected chi connectivity index (χ0v) is 68.8. The highest BCUT2D eigenvalue weighted by Gasteiger charge is 2.41. The Hall–Kier alpha value is -13.2. The van der Waals surface area contributed by atoms with Gasteiger partial charge in [-0.3, -0.25) is 79.1 Å². The Labute approximate surface area is 688 Å². The van der Waals surface area contributed by atoms with Gasteiger partial charge in [0.1, 0.15) is 47.5 Å². The number of carboxylic acids is 4. The van der Waals surface area contributed by atoms with Crippen molar-refractivity contribution < 1.29 is 87.4 Å². The molecule has 6 aliphatic heterocycles. The van der Waals surface area contributed by atoms with Gasteiger partial charge in [0.2, 0.25) is 23.6 Å². The highest BCUT2D eigenvalue weighted by molar-refractivity contribution is 6.00. The first-order chi connectivity index (χ1) is 56.5. The molecular weight excluding hydrogens is 1540 g/mol. The molecule has 0 spiro atoms. The number of hydrogen-bond acceptors (Lipinski definition) is 24. The molecule has 6 atom stereocenters. The third kappa shape index (κ3) is 27.7. The average Bonchev–Trinajstić information content (AvgIpc) is 0.805. The number of rotatable bonds is 8. The summed E-state index contributed by atoms with van der Waals surface area (Å²) in [7, 11) is 9.37. The summed E-state index contributed by atoms with van der Waals surface area (Å²) in [5, 5.41) is 55.9. The van der Waals surface area contributed by atoms with E-state index < -0.39 is 89.2 Å². The van der Waals surface area contributed by atoms with Crippen molar-refractivity contribution in [2.45, 2.75) is 174 Å². The summed E-state index contributed by atoms with van der Waals surface area (Å²) < 4.78 is 10.8. The van der Waals surface area contributed by atoms with Crippen LogP contribution in [0.15, 0.2) is 128 Å². The van der Waals surface area contributed by atoms with Crippen LogP contribution in [0.4, 0.5) is 19.2 Å². The fraction of sp³-hybridized carbons (Fsp3) is 0.420. The number of ether oxygens (including phenoxy) is 2. The first-order valence-corrected chi connectivity index (χ1v) is 38.0. The second-order valence-electron chi connectivity index (χ2n) is 28.9. The Kier molecular flexibility index (Phi) is 36.0. The molecule has 6 aliphatic rings. The molecule has 0 aromatic carbocycles. The van der Waals surface area contributed by atoms with Gasteiger partial charge >= 0.3 is 48.1 Å². The number of carbonyl (C=O) groups is 12. The van der Waals surface area contributed by atoms with Crippen LogP contribution in [0, 0.1) is 0 Å². The van der Waals surface area contributed by atoms with E-state index in [1.165, 1.54) is 37.9 Å². The zero-order chi connectivity index (χ0) is 87.8. The lowest BCUT2D eigenvalue weighted by Gasteiger charge is -2.36. The highest BCUT2D eigenvalue weighted by Crippen LogP contribution is 2.28. The van der Waals surface area contributed by atoms with Gasteiger partial charge in [0, 0.05) is 154 Å². The normalized spacial score (nSPS) is 17.4. The van der Waals surface area contributed by atoms with Crippen molar-refractivity contribution in [2.75, 3.05) is 48.8 Å². The molecule has 0 saturated heterocycles. The minimum absolute atomic E-state index is 0.159. The van der Waals surface area contributed by atoms with Crippen LogP contribution in [0.5, 0.6) is 0 Å². The molecule has 0 fully saturated rings. The van der Waals surface area contributed by atoms with Gasteiger partial charge in [0.05, 0.1) is 48.8 Å². The molecule has 38 heteroatoms. The summed E-state index contributed by atoms with van der Waals surface area (Å²) in [6.07, 6.45) is 13.3. The van der Waals surface area contributed by atoms with Crippen LogP contribution >= 0.6 is 0 Å². The van der Waals surface area contributed by atoms with E-state index in [1.807, 2.05) is 79.7 Å². The Morgan fingerprint density at radius 3 is 1.09 bits per heavy atom. The van der Waals surface area contributed by atoms with E-state index in [0.717, 1.165) is 74.1 Å². The predicted molar refractivity (Wildman–Crippen MR) is 432 cm³/mol. The predicted octanol–water partition coefficient (Wildman–Crippen LogP) is 3.57. The molecule has 0 saturated carbocycles. The molecular formula is C81H106N20O18. The SMILES string of the molecule is CCN.CNC(=O)C1Cc2cccnc2CN1C(=O)NC.CNC(=O)C1Cc2cccnc2CN1C(=O)OC(C)(C)C.CNC(=O)C1Cc2ncccc2CN1C(=O)NC.CNC(=O)C1Cc2ncccc2CN1C(=O)OC(C)(C)C.O=C(O)C1Cc2cccnc2CN1.O=C(O)C1Cc2ncccc2CN1.O=C(O)c1cccnc1C(=O)O. The van der Waals surface area contributed by atoms with E-state index in [0.29, 0.717) is 71.2 Å². The summed E-state index contributed by atoms with van der Waals surface area (Å²) in [5.74, 6) is -4.98. The zero-order valence-electron chi connectivity index (χ0n) is 68.8. The van der Waals surface area contributed by atoms with Crippen LogP contribution < -0.4 is 48.3 Å². The molecule has 7 aromatic heterocycles. The van der Waals surface area contributed by atoms with Gasteiger partial charge in [-0.25, -0.2) is 33.8 Å². The topological polar surface area (TPSA) is 530 Å². The minimum Gasteiger partial charge on any atom is -0.480 e. The molecule has 638 valence electrons. The number of urea groups is 2. The fourth-order valence-electron chi connectivity index (χ4n) is 12.6. The largest absolute Gasteiger partial charge is 0.480 e. The molecule has 7 aromatic rings. The lowest BCUT2D eigenvalue weighted by molar-refractivity contribution is -0.140. The molecule has 13 rings (SSSR count). The number of aliphatic carboxylic acids is 2. The number of hydrogen-bond donors (Lipinski definition) is 13. The molecule has 0 bridgehead atoms. The number of pyridine rings is 7. The van der Waals surface area contributed by atoms with E-state index >= 15 is 0 Å². The van der Waals surface area contributed by atoms with Crippen molar-refractivity contribution in [1.82, 2.24) is 97.0 Å². The van der Waals surface area contributed by atoms with Crippen LogP contribution in [0.2, 0.25) is 0 Å². The van der Waals surface area contributed by atoms with Crippen molar-refractivity contribution >= 4 is 71.8 Å². The van der Waals surface area contributed by atoms with E-state index in [9.17, 15) is 57.5 Å². The van der Waals surface area contributed by atoms with Crippen LogP contribution in [0.1, 0.15) is 137 Å². The number of amides is 10. The highest BCUT2D eigenvalue weighted by atomic mass is 16.6. The van der Waals surface area contributed by atoms with Gasteiger partial charge in [-0.15, -0.1) is 0 Å². The van der Waals surface area contributed by atoms with Gasteiger partial charge in [0.25, 0.3) is 0 Å². The number of likely N-dealkylation sites (N-methyl/N-ethyl adjacent to an activating group) is 4. The molecule has 0 aliphatic carbocycles. The lowest BCUT2D eigenvalue weighted by Crippen LogP contribution is -2.54. The number of nitrogens with one attached hydrogen (secondary N) is 8. The minimum atomic E-state index is -1.34. The number of nitrogens with zero attached hydrogens (tertiary/aromatic N) is 11. The van der Waals surface area contributed by atoms with Crippen molar-refractivity contribution in [3.05, 3.63) is 207 Å². The van der Waals surface area contributed by atoms with Crippen molar-refractivity contribution in [1.29, 1.82) is 0 Å². The van der Waals surface area contributed by atoms with E-state index in [-0.39, 0.29) is 47.8 Å². The number of carbonyl (C=O) groups excluding carboxylic acids is 8. The van der Waals surface area contributed by atoms with Gasteiger partial charge in [-0.2, -0.15) is 0 Å². The van der Waals surface area contributed by atoms with Gasteiger partial charge in [-0.1, -0.05) is 43.3 Å². The number of aromatic nitrogens is 7. The molecule has 0 radical (unpaired) electrons. The van der Waals surface area contributed by atoms with Gasteiger partial charge in [-0.05, 0) is 130 Å². The Morgan fingerprint density at radius 1 is 0.387 bits per heavy atom. The molecule has 6 unspecified atom stereocenters. The third-order valence-corrected chi connectivity index (χ3v) is 18.4. The summed E-state index contributed by atoms with van der Waals surface area (Å²) in [4.78, 5) is 173. The van der Waals surface area contributed by atoms with Crippen LogP contribution in [0.3, 0.4) is 0 Å². The first kappa shape index (κ1) is 94.6. The average molecular weight is 1650 g/mol. The molecule has 119 heavy (non-hydrogen) atoms. The lowest BCUT2D eigenvalue weighted by atomic mass is 9.97. The Balaban J connectivity index is 0.000000216. The van der Waals surface area contributed by atoms with Crippen molar-refractivity contribution in [3.63, 3.8) is 0 Å². The van der Waals surface area contributed by atoms with Crippen molar-refractivity contribution in [2.24, 2.45) is 5.73 Å². The van der Waals surface area contributed by atoms with Crippen LogP contribution in [0.25, 0.3) is 0 Å². The summed E-state index contributed by atoms with van der Waals surface area (Å²) in [6, 6.07) is 21.6. The Morgan fingerprint density at radius 2 is 0.697 bits per heavy atom. The maximum atomic E-state index is 12.4. The van der Waals surface area contributed by atoms with Crippen LogP contribution in [-0.4, -0.2) is 243 Å². The smallest absolute Gasteiger partial charge is 0.411 e. The van der Waals surface area contributed by atoms with Crippen molar-refractivity contribution in [3.8, 4) is 0 Å². The van der Waals surface area contributed by atoms with Gasteiger partial charge < -0.3 is 77.3 Å². The number of aromatic carboxylic acids is 2. The monoisotopic (exact) mass is 1650 g/mol. The molecule has 13 heterocycles. The summed E-state index contributed by atoms with van der Waals surface area (Å²) in [6.45, 7) is 16.0. The second-order valence-corrected chi connectivity index (χ2v) is 28.9. The van der Waals surface area contributed by atoms with Crippen LogP contribution in [-0.2, 0) is 116 Å². The van der Waals surface area contributed by atoms with E-state index in [1.54, 1.807) is 121 Å². The molecule has 38 nitrogen and oxygen atoms in total. The fourth-order valence-corrected chi connectivity index (χ4v) is 12.6. The van der Waals surface area contributed by atoms with E-state index in [2.05, 4.69) is 77.4 Å². The van der Waals surface area contributed by atoms with Gasteiger partial charge in [0.15, 0.2) is 5.69 Å². The first-order valence-electron chi connectivity index (χ1n) is 38.0. The Bertz CT molecular complexity index is 4320. The standard InChI is InChI=1S/2C15H21N3O3.2C12H16N4O2.2C9H10N2O2.C7H5NO4.C2H7N/c1-15(2,3)21-14(20)18-9-10-6-5-7-17-11(10)8-12(18)13(19)16-4;1-15(2,3)21-14(20)18-9-11-10(6-5-7-17-11)8-12(18)13(19)16-4;1-13-11(17)10-6-9-8(4-3-5-15-9)7-16(10)12(18)14-2;1-13-11(17)10-6-8-4-3-5-15-9(8)7-16(10)12(18)14-2;12-9(13)8-4-7-6(5-11-8)2-1-3-10-7;12-9(13)7-4-6-2-1-3-10-8(6)5-11-7;9-6(10)4-2-1-3-8-5(4)7(11)12;1-2-3/h2*5-7,12H,8-9H2,1-4H3,(H,16,19);2*3-5,10H,6-7H2,1-2H3,(H,13,17)(H,14,18);1-3,8,11H,4-5H2,(H,12,13);1-3,7,11H,4-5H2,(H,12,13);1-3H,(H,9,10)(H,11,12);2-3H2,1H3. The maximum absolute atomic E-state index is 12.4. The maximum Gasteiger partial charge on any atom is 0.411 e. The number of fused-ring (bicyclic) bond motifs is 6.